The quantitative estimate of drug-likeness (QED) is 0.449. The molecule has 0 aromatic heterocycles. The molecule has 56 valence electrons. The van der Waals surface area contributed by atoms with Crippen LogP contribution in [0, 0.1) is 0 Å². The maximum Gasteiger partial charge on any atom is 0.179 e. The first-order valence-corrected chi connectivity index (χ1v) is 3.33. The van der Waals surface area contributed by atoms with Gasteiger partial charge in [0.2, 0.25) is 0 Å². The number of halogens is 1. The number of Topliss-reactive ketones (excluding diaryl/α,β-unsaturated/α-hetero) is 1. The van der Waals surface area contributed by atoms with E-state index in [1.807, 2.05) is 0 Å². The Kier molecular flexibility index (Phi) is 3.96. The average molecular weight is 160 g/mol. The maximum atomic E-state index is 10.7. The normalized spacial score (nSPS) is 13.6. The lowest BCUT2D eigenvalue weighted by Crippen LogP contribution is -1.94. The number of ketones is 1. The predicted octanol–water partition coefficient (Wildman–Crippen LogP) is 2.14. The highest BCUT2D eigenvalue weighted by Gasteiger charge is 2.02. The van der Waals surface area contributed by atoms with Crippen LogP contribution in [0.15, 0.2) is 15.7 Å². The minimum atomic E-state index is -0.106. The molecule has 0 bridgehead atoms. The van der Waals surface area contributed by atoms with Gasteiger partial charge in [-0.3, -0.25) is 9.79 Å². The summed E-state index contributed by atoms with van der Waals surface area (Å²) in [5.41, 5.74) is 0.337. The average Bonchev–Trinajstić information content (AvgIpc) is 1.81. The maximum absolute atomic E-state index is 10.7. The van der Waals surface area contributed by atoms with Crippen LogP contribution in [-0.2, 0) is 4.79 Å². The van der Waals surface area contributed by atoms with Gasteiger partial charge in [-0.15, -0.1) is 0 Å². The van der Waals surface area contributed by atoms with E-state index in [0.29, 0.717) is 10.7 Å². The van der Waals surface area contributed by atoms with Crippen LogP contribution in [0.3, 0.4) is 0 Å². The molecule has 0 spiro atoms. The van der Waals surface area contributed by atoms with Crippen LogP contribution in [0.25, 0.3) is 0 Å². The zero-order valence-corrected chi connectivity index (χ0v) is 7.07. The number of hydrogen-bond donors (Lipinski definition) is 0. The van der Waals surface area contributed by atoms with Crippen molar-refractivity contribution in [1.29, 1.82) is 0 Å². The number of nitrogens with zero attached hydrogens (tertiary/aromatic N) is 1. The number of carbonyl (C=O) groups is 1. The van der Waals surface area contributed by atoms with Crippen LogP contribution >= 0.6 is 11.6 Å². The number of allylic oxidation sites excluding steroid dienone is 2. The molecule has 0 aliphatic rings. The molecule has 0 aliphatic carbocycles. The highest BCUT2D eigenvalue weighted by molar-refractivity contribution is 6.31. The molecule has 3 heteroatoms. The van der Waals surface area contributed by atoms with E-state index in [4.69, 9.17) is 11.6 Å². The number of carbonyl (C=O) groups excluding carboxylic acids is 1. The molecular weight excluding hydrogens is 150 g/mol. The Bertz CT molecular complexity index is 190. The van der Waals surface area contributed by atoms with Crippen molar-refractivity contribution in [1.82, 2.24) is 0 Å². The molecule has 0 amide bonds. The van der Waals surface area contributed by atoms with Gasteiger partial charge in [0.25, 0.3) is 0 Å². The first-order valence-electron chi connectivity index (χ1n) is 2.95. The van der Waals surface area contributed by atoms with Crippen LogP contribution in [0.5, 0.6) is 0 Å². The van der Waals surface area contributed by atoms with Crippen molar-refractivity contribution >= 4 is 23.6 Å². The fraction of sp³-hybridized carbons (Fsp3) is 0.429. The predicted molar refractivity (Wildman–Crippen MR) is 43.4 cm³/mol. The molecule has 10 heavy (non-hydrogen) atoms. The van der Waals surface area contributed by atoms with Gasteiger partial charge in [0.15, 0.2) is 5.78 Å². The van der Waals surface area contributed by atoms with Crippen molar-refractivity contribution in [2.45, 2.75) is 20.8 Å². The number of aliphatic imine (C=N–C) groups is 1. The van der Waals surface area contributed by atoms with Crippen molar-refractivity contribution in [2.75, 3.05) is 0 Å². The summed E-state index contributed by atoms with van der Waals surface area (Å²) in [6.45, 7) is 4.82. The Balaban J connectivity index is 4.61. The van der Waals surface area contributed by atoms with E-state index < -0.39 is 0 Å². The molecule has 0 radical (unpaired) electrons. The van der Waals surface area contributed by atoms with Gasteiger partial charge < -0.3 is 0 Å². The SMILES string of the molecule is CC=N/C(C(C)=O)=C(\C)Cl. The van der Waals surface area contributed by atoms with Gasteiger partial charge >= 0.3 is 0 Å². The molecule has 0 heterocycles. The first-order chi connectivity index (χ1) is 4.59. The Morgan fingerprint density at radius 2 is 2.00 bits per heavy atom. The van der Waals surface area contributed by atoms with Gasteiger partial charge in [-0.25, -0.2) is 0 Å². The summed E-state index contributed by atoms with van der Waals surface area (Å²) in [6.07, 6.45) is 1.54. The minimum Gasteiger partial charge on any atom is -0.293 e. The molecule has 0 aliphatic heterocycles. The molecule has 0 N–H and O–H groups in total. The summed E-state index contributed by atoms with van der Waals surface area (Å²) in [4.78, 5) is 14.5. The van der Waals surface area contributed by atoms with E-state index in [1.54, 1.807) is 20.1 Å². The van der Waals surface area contributed by atoms with E-state index >= 15 is 0 Å². The van der Waals surface area contributed by atoms with Crippen LogP contribution < -0.4 is 0 Å². The zero-order chi connectivity index (χ0) is 8.15. The third kappa shape index (κ3) is 2.78. The van der Waals surface area contributed by atoms with Gasteiger partial charge in [0, 0.05) is 18.2 Å². The van der Waals surface area contributed by atoms with Crippen molar-refractivity contribution in [3.05, 3.63) is 10.7 Å². The van der Waals surface area contributed by atoms with E-state index in [2.05, 4.69) is 4.99 Å². The fourth-order valence-electron chi connectivity index (χ4n) is 0.552. The Morgan fingerprint density at radius 1 is 1.50 bits per heavy atom. The highest BCUT2D eigenvalue weighted by atomic mass is 35.5. The van der Waals surface area contributed by atoms with E-state index in [1.165, 1.54) is 6.92 Å². The molecule has 2 nitrogen and oxygen atoms in total. The molecule has 0 aromatic carbocycles. The van der Waals surface area contributed by atoms with Gasteiger partial charge in [-0.05, 0) is 13.8 Å². The lowest BCUT2D eigenvalue weighted by Gasteiger charge is -1.94. The Labute approximate surface area is 65.6 Å². The van der Waals surface area contributed by atoms with Crippen molar-refractivity contribution in [3.8, 4) is 0 Å². The second-order valence-electron chi connectivity index (χ2n) is 1.83. The lowest BCUT2D eigenvalue weighted by molar-refractivity contribution is -0.113. The third-order valence-electron chi connectivity index (χ3n) is 0.918. The standard InChI is InChI=1S/C7H10ClNO/c1-4-9-7(5(2)8)6(3)10/h4H,1-3H3/b7-5+,9-4?. The smallest absolute Gasteiger partial charge is 0.179 e. The summed E-state index contributed by atoms with van der Waals surface area (Å²) in [6, 6.07) is 0. The lowest BCUT2D eigenvalue weighted by atomic mass is 10.3. The van der Waals surface area contributed by atoms with Crippen LogP contribution in [0.2, 0.25) is 0 Å². The van der Waals surface area contributed by atoms with Gasteiger partial charge in [0.05, 0.1) is 0 Å². The summed E-state index contributed by atoms with van der Waals surface area (Å²) in [5.74, 6) is -0.106. The third-order valence-corrected chi connectivity index (χ3v) is 1.10. The Hall–Kier alpha value is -0.630. The summed E-state index contributed by atoms with van der Waals surface area (Å²) in [7, 11) is 0. The molecule has 0 saturated carbocycles. The number of rotatable bonds is 2. The van der Waals surface area contributed by atoms with E-state index in [9.17, 15) is 4.79 Å². The van der Waals surface area contributed by atoms with Gasteiger partial charge in [-0.1, -0.05) is 11.6 Å². The molecule has 0 aromatic rings. The second kappa shape index (κ2) is 4.23. The fourth-order valence-corrected chi connectivity index (χ4v) is 0.733. The highest BCUT2D eigenvalue weighted by Crippen LogP contribution is 2.09. The molecule has 0 saturated heterocycles. The zero-order valence-electron chi connectivity index (χ0n) is 6.31. The first kappa shape index (κ1) is 9.37. The number of hydrogen-bond acceptors (Lipinski definition) is 2. The van der Waals surface area contributed by atoms with Crippen molar-refractivity contribution < 1.29 is 4.79 Å². The largest absolute Gasteiger partial charge is 0.293 e. The molecule has 0 rings (SSSR count). The molecule has 0 unspecified atom stereocenters. The topological polar surface area (TPSA) is 29.4 Å². The molecule has 0 fully saturated rings. The van der Waals surface area contributed by atoms with Crippen molar-refractivity contribution in [2.24, 2.45) is 4.99 Å². The second-order valence-corrected chi connectivity index (χ2v) is 2.39. The monoisotopic (exact) mass is 159 g/mol. The minimum absolute atomic E-state index is 0.106. The van der Waals surface area contributed by atoms with E-state index in [0.717, 1.165) is 0 Å². The summed E-state index contributed by atoms with van der Waals surface area (Å²) in [5, 5.41) is 0.436. The van der Waals surface area contributed by atoms with E-state index in [-0.39, 0.29) is 5.78 Å². The van der Waals surface area contributed by atoms with Crippen molar-refractivity contribution in [3.63, 3.8) is 0 Å². The van der Waals surface area contributed by atoms with Gasteiger partial charge in [-0.2, -0.15) is 0 Å². The Morgan fingerprint density at radius 3 is 2.10 bits per heavy atom. The van der Waals surface area contributed by atoms with Gasteiger partial charge in [0.1, 0.15) is 5.70 Å². The summed E-state index contributed by atoms with van der Waals surface area (Å²) < 4.78 is 0. The molecular formula is C7H10ClNO. The van der Waals surface area contributed by atoms with Crippen LogP contribution in [0.1, 0.15) is 20.8 Å². The van der Waals surface area contributed by atoms with Crippen LogP contribution in [-0.4, -0.2) is 12.0 Å². The van der Waals surface area contributed by atoms with Crippen LogP contribution in [0.4, 0.5) is 0 Å². The molecule has 0 atom stereocenters. The summed E-state index contributed by atoms with van der Waals surface area (Å²) >= 11 is 5.56.